The van der Waals surface area contributed by atoms with Gasteiger partial charge in [0.15, 0.2) is 0 Å². The van der Waals surface area contributed by atoms with Crippen LogP contribution >= 0.6 is 27.3 Å². The minimum Gasteiger partial charge on any atom is -0.350 e. The van der Waals surface area contributed by atoms with Crippen LogP contribution in [0.5, 0.6) is 0 Å². The number of carbonyl (C=O) groups is 1. The number of thiophene rings is 1. The molecule has 0 radical (unpaired) electrons. The number of nitrogens with one attached hydrogen (secondary N) is 1. The monoisotopic (exact) mass is 287 g/mol. The maximum absolute atomic E-state index is 11.3. The molecule has 1 saturated heterocycles. The molecule has 1 amide bonds. The highest BCUT2D eigenvalue weighted by Crippen LogP contribution is 2.33. The molecule has 1 aliphatic rings. The van der Waals surface area contributed by atoms with E-state index in [1.54, 1.807) is 11.3 Å². The highest BCUT2D eigenvalue weighted by molar-refractivity contribution is 9.10. The maximum atomic E-state index is 11.3. The molecular weight excluding hydrogens is 274 g/mol. The minimum absolute atomic E-state index is 0.00442. The molecule has 1 atom stereocenters. The zero-order chi connectivity index (χ0) is 10.9. The summed E-state index contributed by atoms with van der Waals surface area (Å²) >= 11 is 5.29. The molecule has 1 aliphatic heterocycles. The average Bonchev–Trinajstić information content (AvgIpc) is 2.76. The molecule has 0 spiro atoms. The molecule has 82 valence electrons. The van der Waals surface area contributed by atoms with Crippen molar-refractivity contribution in [2.24, 2.45) is 0 Å². The molecule has 2 nitrogen and oxygen atoms in total. The fourth-order valence-electron chi connectivity index (χ4n) is 2.05. The number of halogens is 1. The van der Waals surface area contributed by atoms with Crippen molar-refractivity contribution in [3.8, 4) is 0 Å². The first-order chi connectivity index (χ1) is 7.15. The van der Waals surface area contributed by atoms with Crippen LogP contribution in [0.2, 0.25) is 0 Å². The van der Waals surface area contributed by atoms with Crippen molar-refractivity contribution >= 4 is 33.2 Å². The Kier molecular flexibility index (Phi) is 3.16. The summed E-state index contributed by atoms with van der Waals surface area (Å²) in [6.07, 6.45) is 3.60. The molecule has 0 saturated carbocycles. The van der Waals surface area contributed by atoms with Crippen molar-refractivity contribution in [2.75, 3.05) is 0 Å². The molecular formula is C11H14BrNOS. The standard InChI is InChI=1S/C11H14BrNOS/c1-2-11(5-3-10(14)13-11)7-9-8(12)4-6-15-9/h4,6H,2-3,5,7H2,1H3,(H,13,14). The predicted octanol–water partition coefficient (Wildman–Crippen LogP) is 3.11. The largest absolute Gasteiger partial charge is 0.350 e. The number of amides is 1. The van der Waals surface area contributed by atoms with Crippen molar-refractivity contribution in [1.82, 2.24) is 5.32 Å². The summed E-state index contributed by atoms with van der Waals surface area (Å²) < 4.78 is 1.17. The SMILES string of the molecule is CCC1(Cc2sccc2Br)CCC(=O)N1. The molecule has 2 rings (SSSR count). The zero-order valence-corrected chi connectivity index (χ0v) is 11.1. The van der Waals surface area contributed by atoms with Gasteiger partial charge in [-0.15, -0.1) is 11.3 Å². The van der Waals surface area contributed by atoms with Crippen LogP contribution in [0.25, 0.3) is 0 Å². The van der Waals surface area contributed by atoms with E-state index in [2.05, 4.69) is 39.6 Å². The molecule has 4 heteroatoms. The van der Waals surface area contributed by atoms with Crippen LogP contribution in [0.1, 0.15) is 31.1 Å². The van der Waals surface area contributed by atoms with E-state index in [9.17, 15) is 4.79 Å². The van der Waals surface area contributed by atoms with Gasteiger partial charge >= 0.3 is 0 Å². The van der Waals surface area contributed by atoms with Gasteiger partial charge in [0.25, 0.3) is 0 Å². The first-order valence-corrected chi connectivity index (χ1v) is 6.85. The zero-order valence-electron chi connectivity index (χ0n) is 8.68. The molecule has 1 unspecified atom stereocenters. The van der Waals surface area contributed by atoms with Crippen LogP contribution in [0, 0.1) is 0 Å². The van der Waals surface area contributed by atoms with E-state index in [4.69, 9.17) is 0 Å². The van der Waals surface area contributed by atoms with Gasteiger partial charge in [0, 0.05) is 27.7 Å². The Morgan fingerprint density at radius 3 is 2.93 bits per heavy atom. The van der Waals surface area contributed by atoms with E-state index in [1.807, 2.05) is 0 Å². The van der Waals surface area contributed by atoms with Crippen LogP contribution in [-0.4, -0.2) is 11.4 Å². The Morgan fingerprint density at radius 1 is 1.67 bits per heavy atom. The van der Waals surface area contributed by atoms with Crippen LogP contribution in [-0.2, 0) is 11.2 Å². The third-order valence-electron chi connectivity index (χ3n) is 3.10. The van der Waals surface area contributed by atoms with Crippen LogP contribution < -0.4 is 5.32 Å². The number of hydrogen-bond acceptors (Lipinski definition) is 2. The Morgan fingerprint density at radius 2 is 2.47 bits per heavy atom. The summed E-state index contributed by atoms with van der Waals surface area (Å²) in [5.41, 5.74) is 0.00442. The maximum Gasteiger partial charge on any atom is 0.220 e. The second kappa shape index (κ2) is 4.26. The van der Waals surface area contributed by atoms with Gasteiger partial charge in [-0.05, 0) is 40.2 Å². The Balaban J connectivity index is 2.15. The minimum atomic E-state index is 0.00442. The van der Waals surface area contributed by atoms with Crippen molar-refractivity contribution in [3.05, 3.63) is 20.8 Å². The quantitative estimate of drug-likeness (QED) is 0.909. The second-order valence-electron chi connectivity index (χ2n) is 4.05. The van der Waals surface area contributed by atoms with Crippen LogP contribution in [0.4, 0.5) is 0 Å². The molecule has 2 heterocycles. The molecule has 0 aromatic carbocycles. The summed E-state index contributed by atoms with van der Waals surface area (Å²) in [5, 5.41) is 5.21. The smallest absolute Gasteiger partial charge is 0.220 e. The number of carbonyl (C=O) groups excluding carboxylic acids is 1. The third kappa shape index (κ3) is 2.26. The summed E-state index contributed by atoms with van der Waals surface area (Å²) in [4.78, 5) is 12.6. The van der Waals surface area contributed by atoms with Gasteiger partial charge in [0.1, 0.15) is 0 Å². The highest BCUT2D eigenvalue weighted by atomic mass is 79.9. The van der Waals surface area contributed by atoms with Gasteiger partial charge in [0.2, 0.25) is 5.91 Å². The summed E-state index contributed by atoms with van der Waals surface area (Å²) in [6, 6.07) is 2.07. The lowest BCUT2D eigenvalue weighted by Crippen LogP contribution is -2.42. The summed E-state index contributed by atoms with van der Waals surface area (Å²) in [5.74, 6) is 0.199. The fraction of sp³-hybridized carbons (Fsp3) is 0.545. The summed E-state index contributed by atoms with van der Waals surface area (Å²) in [7, 11) is 0. The number of rotatable bonds is 3. The molecule has 15 heavy (non-hydrogen) atoms. The average molecular weight is 288 g/mol. The topological polar surface area (TPSA) is 29.1 Å². The number of hydrogen-bond donors (Lipinski definition) is 1. The fourth-order valence-corrected chi connectivity index (χ4v) is 3.69. The van der Waals surface area contributed by atoms with Gasteiger partial charge in [-0.1, -0.05) is 6.92 Å². The van der Waals surface area contributed by atoms with E-state index >= 15 is 0 Å². The first-order valence-electron chi connectivity index (χ1n) is 5.18. The molecule has 1 fully saturated rings. The molecule has 1 N–H and O–H groups in total. The van der Waals surface area contributed by atoms with Crippen molar-refractivity contribution in [3.63, 3.8) is 0 Å². The van der Waals surface area contributed by atoms with Gasteiger partial charge in [-0.25, -0.2) is 0 Å². The van der Waals surface area contributed by atoms with E-state index in [0.717, 1.165) is 19.3 Å². The van der Waals surface area contributed by atoms with Gasteiger partial charge in [0.05, 0.1) is 0 Å². The summed E-state index contributed by atoms with van der Waals surface area (Å²) in [6.45, 7) is 2.15. The van der Waals surface area contributed by atoms with Gasteiger partial charge < -0.3 is 5.32 Å². The van der Waals surface area contributed by atoms with Crippen molar-refractivity contribution in [1.29, 1.82) is 0 Å². The van der Waals surface area contributed by atoms with E-state index in [0.29, 0.717) is 6.42 Å². The van der Waals surface area contributed by atoms with E-state index in [1.165, 1.54) is 9.35 Å². The molecule has 1 aromatic rings. The normalized spacial score (nSPS) is 25.6. The molecule has 0 aliphatic carbocycles. The van der Waals surface area contributed by atoms with Gasteiger partial charge in [-0.3, -0.25) is 4.79 Å². The Hall–Kier alpha value is -0.350. The molecule has 0 bridgehead atoms. The van der Waals surface area contributed by atoms with Crippen LogP contribution in [0.15, 0.2) is 15.9 Å². The molecule has 1 aromatic heterocycles. The predicted molar refractivity (Wildman–Crippen MR) is 66.1 cm³/mol. The highest BCUT2D eigenvalue weighted by Gasteiger charge is 2.36. The second-order valence-corrected chi connectivity index (χ2v) is 5.91. The van der Waals surface area contributed by atoms with Crippen molar-refractivity contribution < 1.29 is 4.79 Å². The third-order valence-corrected chi connectivity index (χ3v) is 5.03. The van der Waals surface area contributed by atoms with Gasteiger partial charge in [-0.2, -0.15) is 0 Å². The first kappa shape index (κ1) is 11.1. The van der Waals surface area contributed by atoms with Crippen molar-refractivity contribution in [2.45, 2.75) is 38.1 Å². The Bertz CT molecular complexity index is 376. The Labute approximate surface area is 102 Å². The lowest BCUT2D eigenvalue weighted by molar-refractivity contribution is -0.119. The van der Waals surface area contributed by atoms with E-state index < -0.39 is 0 Å². The lowest BCUT2D eigenvalue weighted by Gasteiger charge is -2.27. The van der Waals surface area contributed by atoms with Crippen LogP contribution in [0.3, 0.4) is 0 Å². The van der Waals surface area contributed by atoms with E-state index in [-0.39, 0.29) is 11.4 Å². The lowest BCUT2D eigenvalue weighted by atomic mass is 9.90.